The zero-order chi connectivity index (χ0) is 20.4. The summed E-state index contributed by atoms with van der Waals surface area (Å²) in [7, 11) is 3.77. The normalized spacial score (nSPS) is 15.8. The number of piperazine rings is 1. The quantitative estimate of drug-likeness (QED) is 0.263. The first-order chi connectivity index (χ1) is 14.0. The molecule has 0 aliphatic carbocycles. The van der Waals surface area contributed by atoms with Crippen LogP contribution < -0.4 is 0 Å². The van der Waals surface area contributed by atoms with Crippen molar-refractivity contribution in [2.24, 2.45) is 7.05 Å². The minimum Gasteiger partial charge on any atom is -0.358 e. The van der Waals surface area contributed by atoms with Gasteiger partial charge in [-0.2, -0.15) is 0 Å². The van der Waals surface area contributed by atoms with Crippen molar-refractivity contribution in [1.29, 1.82) is 0 Å². The molecule has 3 aromatic rings. The summed E-state index contributed by atoms with van der Waals surface area (Å²) in [5.74, 6) is 1.64. The summed E-state index contributed by atoms with van der Waals surface area (Å²) < 4.78 is 1.42. The molecular weight excluding hydrogens is 390 g/mol. The van der Waals surface area contributed by atoms with Gasteiger partial charge >= 0.3 is 5.82 Å². The molecular formula is C19H23N7O2S. The first-order valence-corrected chi connectivity index (χ1v) is 10.5. The van der Waals surface area contributed by atoms with Crippen molar-refractivity contribution < 1.29 is 4.92 Å². The van der Waals surface area contributed by atoms with Gasteiger partial charge in [0.1, 0.15) is 11.2 Å². The second kappa shape index (κ2) is 8.44. The second-order valence-corrected chi connectivity index (χ2v) is 8.20. The molecule has 1 aromatic carbocycles. The number of imidazole rings is 1. The summed E-state index contributed by atoms with van der Waals surface area (Å²) in [5.41, 5.74) is 0.810. The van der Waals surface area contributed by atoms with E-state index < -0.39 is 4.92 Å². The maximum Gasteiger partial charge on any atom is 0.343 e. The minimum absolute atomic E-state index is 0.0824. The highest BCUT2D eigenvalue weighted by Gasteiger charge is 2.22. The summed E-state index contributed by atoms with van der Waals surface area (Å²) in [4.78, 5) is 29.0. The van der Waals surface area contributed by atoms with E-state index in [0.717, 1.165) is 54.4 Å². The lowest BCUT2D eigenvalue weighted by atomic mass is 10.2. The number of hydrogen-bond donors (Lipinski definition) is 0. The van der Waals surface area contributed by atoms with Gasteiger partial charge in [-0.1, -0.05) is 18.2 Å². The number of likely N-dealkylation sites (N-methyl/N-ethyl adjacent to an activating group) is 1. The van der Waals surface area contributed by atoms with Gasteiger partial charge in [0.2, 0.25) is 5.82 Å². The maximum atomic E-state index is 11.1. The Kier molecular flexibility index (Phi) is 5.74. The van der Waals surface area contributed by atoms with E-state index in [4.69, 9.17) is 4.98 Å². The number of hydrogen-bond acceptors (Lipinski definition) is 8. The van der Waals surface area contributed by atoms with Crippen LogP contribution in [0.1, 0.15) is 0 Å². The van der Waals surface area contributed by atoms with Gasteiger partial charge in [0.05, 0.1) is 12.6 Å². The van der Waals surface area contributed by atoms with Crippen molar-refractivity contribution in [2.75, 3.05) is 45.5 Å². The topological polar surface area (TPSA) is 93.2 Å². The molecule has 152 valence electrons. The van der Waals surface area contributed by atoms with E-state index in [-0.39, 0.29) is 5.82 Å². The predicted octanol–water partition coefficient (Wildman–Crippen LogP) is 2.28. The Balaban J connectivity index is 1.59. The van der Waals surface area contributed by atoms with Crippen LogP contribution in [0.15, 0.2) is 35.5 Å². The van der Waals surface area contributed by atoms with Crippen LogP contribution in [0.2, 0.25) is 0 Å². The molecule has 1 saturated heterocycles. The zero-order valence-electron chi connectivity index (χ0n) is 16.5. The van der Waals surface area contributed by atoms with Crippen LogP contribution in [0, 0.1) is 10.1 Å². The van der Waals surface area contributed by atoms with Crippen molar-refractivity contribution in [3.8, 4) is 11.6 Å². The molecule has 4 rings (SSSR count). The molecule has 0 bridgehead atoms. The van der Waals surface area contributed by atoms with Crippen LogP contribution in [-0.2, 0) is 7.05 Å². The predicted molar refractivity (Wildman–Crippen MR) is 113 cm³/mol. The molecule has 3 heterocycles. The standard InChI is InChI=1S/C19H23N7O2S/c1-23-7-9-25(10-8-23)11-12-29-19-14-5-3-4-6-15(14)21-17(22-19)18-20-13-16(24(18)2)26(27)28/h3-6,13H,7-12H2,1-2H3. The summed E-state index contributed by atoms with van der Waals surface area (Å²) >= 11 is 1.69. The fourth-order valence-electron chi connectivity index (χ4n) is 3.38. The Morgan fingerprint density at radius 3 is 2.62 bits per heavy atom. The van der Waals surface area contributed by atoms with Crippen LogP contribution in [-0.4, -0.2) is 79.8 Å². The van der Waals surface area contributed by atoms with Crippen molar-refractivity contribution in [1.82, 2.24) is 29.3 Å². The van der Waals surface area contributed by atoms with Gasteiger partial charge in [-0.05, 0) is 18.0 Å². The van der Waals surface area contributed by atoms with Crippen LogP contribution in [0.3, 0.4) is 0 Å². The molecule has 1 aliphatic heterocycles. The van der Waals surface area contributed by atoms with E-state index in [1.165, 1.54) is 10.8 Å². The number of para-hydroxylation sites is 1. The molecule has 0 radical (unpaired) electrons. The third-order valence-electron chi connectivity index (χ3n) is 5.16. The Morgan fingerprint density at radius 1 is 1.14 bits per heavy atom. The fourth-order valence-corrected chi connectivity index (χ4v) is 4.40. The van der Waals surface area contributed by atoms with Crippen molar-refractivity contribution in [3.63, 3.8) is 0 Å². The Hall–Kier alpha value is -2.56. The summed E-state index contributed by atoms with van der Waals surface area (Å²) in [6.45, 7) is 5.37. The molecule has 1 fully saturated rings. The first kappa shape index (κ1) is 19.7. The molecule has 0 amide bonds. The summed E-state index contributed by atoms with van der Waals surface area (Å²) in [6, 6.07) is 7.85. The molecule has 0 saturated carbocycles. The number of aromatic nitrogens is 4. The van der Waals surface area contributed by atoms with Crippen molar-refractivity contribution in [3.05, 3.63) is 40.6 Å². The lowest BCUT2D eigenvalue weighted by molar-refractivity contribution is -0.391. The van der Waals surface area contributed by atoms with Gasteiger partial charge in [0.25, 0.3) is 5.82 Å². The highest BCUT2D eigenvalue weighted by atomic mass is 32.2. The van der Waals surface area contributed by atoms with E-state index in [1.807, 2.05) is 24.3 Å². The Morgan fingerprint density at radius 2 is 1.90 bits per heavy atom. The van der Waals surface area contributed by atoms with E-state index in [9.17, 15) is 10.1 Å². The third-order valence-corrected chi connectivity index (χ3v) is 6.13. The number of nitro groups is 1. The number of nitrogens with zero attached hydrogens (tertiary/aromatic N) is 7. The van der Waals surface area contributed by atoms with Gasteiger partial charge in [-0.3, -0.25) is 4.90 Å². The smallest absolute Gasteiger partial charge is 0.343 e. The van der Waals surface area contributed by atoms with Crippen molar-refractivity contribution in [2.45, 2.75) is 5.03 Å². The minimum atomic E-state index is -0.455. The third kappa shape index (κ3) is 4.24. The van der Waals surface area contributed by atoms with Crippen LogP contribution in [0.5, 0.6) is 0 Å². The SMILES string of the molecule is CN1CCN(CCSc2nc(-c3ncc([N+](=O)[O-])n3C)nc3ccccc23)CC1. The summed E-state index contributed by atoms with van der Waals surface area (Å²) in [6.07, 6.45) is 1.24. The summed E-state index contributed by atoms with van der Waals surface area (Å²) in [5, 5.41) is 13.0. The molecule has 10 heteroatoms. The number of benzene rings is 1. The first-order valence-electron chi connectivity index (χ1n) is 9.50. The van der Waals surface area contributed by atoms with Crippen molar-refractivity contribution >= 4 is 28.5 Å². The van der Waals surface area contributed by atoms with E-state index in [0.29, 0.717) is 11.6 Å². The maximum absolute atomic E-state index is 11.1. The molecule has 1 aliphatic rings. The van der Waals surface area contributed by atoms with Gasteiger partial charge in [0.15, 0.2) is 0 Å². The van der Waals surface area contributed by atoms with Gasteiger partial charge in [-0.15, -0.1) is 11.8 Å². The molecule has 0 N–H and O–H groups in total. The average Bonchev–Trinajstić information content (AvgIpc) is 3.11. The largest absolute Gasteiger partial charge is 0.358 e. The average molecular weight is 414 g/mol. The highest BCUT2D eigenvalue weighted by Crippen LogP contribution is 2.29. The van der Waals surface area contributed by atoms with E-state index in [2.05, 4.69) is 26.8 Å². The molecule has 0 spiro atoms. The lowest BCUT2D eigenvalue weighted by Gasteiger charge is -2.32. The second-order valence-electron chi connectivity index (χ2n) is 7.12. The van der Waals surface area contributed by atoms with Crippen LogP contribution in [0.4, 0.5) is 5.82 Å². The van der Waals surface area contributed by atoms with Gasteiger partial charge in [-0.25, -0.2) is 19.5 Å². The molecule has 0 atom stereocenters. The number of rotatable bonds is 6. The molecule has 0 unspecified atom stereocenters. The molecule has 29 heavy (non-hydrogen) atoms. The van der Waals surface area contributed by atoms with Crippen LogP contribution in [0.25, 0.3) is 22.6 Å². The van der Waals surface area contributed by atoms with Gasteiger partial charge in [0, 0.05) is 43.9 Å². The van der Waals surface area contributed by atoms with Crippen LogP contribution >= 0.6 is 11.8 Å². The number of fused-ring (bicyclic) bond motifs is 1. The van der Waals surface area contributed by atoms with E-state index in [1.54, 1.807) is 18.8 Å². The highest BCUT2D eigenvalue weighted by molar-refractivity contribution is 7.99. The number of thioether (sulfide) groups is 1. The zero-order valence-corrected chi connectivity index (χ0v) is 17.3. The Bertz CT molecular complexity index is 1030. The van der Waals surface area contributed by atoms with E-state index >= 15 is 0 Å². The van der Waals surface area contributed by atoms with Gasteiger partial charge < -0.3 is 15.0 Å². The fraction of sp³-hybridized carbons (Fsp3) is 0.421. The monoisotopic (exact) mass is 413 g/mol. The lowest BCUT2D eigenvalue weighted by Crippen LogP contribution is -2.45. The molecule has 9 nitrogen and oxygen atoms in total. The Labute approximate surface area is 172 Å². The molecule has 2 aromatic heterocycles.